The molecule has 0 bridgehead atoms. The molecule has 0 unspecified atom stereocenters. The highest BCUT2D eigenvalue weighted by atomic mass is 16.5. The summed E-state index contributed by atoms with van der Waals surface area (Å²) in [5.74, 6) is 6.20. The van der Waals surface area contributed by atoms with Gasteiger partial charge in [0.05, 0.1) is 7.11 Å². The van der Waals surface area contributed by atoms with Gasteiger partial charge in [0.1, 0.15) is 5.75 Å². The highest BCUT2D eigenvalue weighted by Gasteiger charge is 2.09. The molecular weight excluding hydrogens is 216 g/mol. The molecule has 0 saturated heterocycles. The van der Waals surface area contributed by atoms with Gasteiger partial charge in [-0.1, -0.05) is 6.07 Å². The molecule has 94 valence electrons. The van der Waals surface area contributed by atoms with Crippen LogP contribution >= 0.6 is 0 Å². The number of benzene rings is 1. The number of amides is 1. The molecule has 0 aliphatic heterocycles. The summed E-state index contributed by atoms with van der Waals surface area (Å²) in [6, 6.07) is 3.94. The summed E-state index contributed by atoms with van der Waals surface area (Å²) in [4.78, 5) is 11.4. The van der Waals surface area contributed by atoms with Crippen molar-refractivity contribution in [3.05, 3.63) is 28.8 Å². The van der Waals surface area contributed by atoms with E-state index in [2.05, 4.69) is 0 Å². The van der Waals surface area contributed by atoms with Crippen molar-refractivity contribution in [3.8, 4) is 5.75 Å². The van der Waals surface area contributed by atoms with E-state index in [-0.39, 0.29) is 5.91 Å². The number of nitrogens with zero attached hydrogens (tertiary/aromatic N) is 1. The quantitative estimate of drug-likeness (QED) is 0.490. The van der Waals surface area contributed by atoms with Gasteiger partial charge in [-0.15, -0.1) is 0 Å². The standard InChI is InChI=1S/C13H20N2O2/c1-9-10(2)12(17-4)7-5-11(9)6-8-13(16)15(3)14/h5,7H,6,8,14H2,1-4H3. The second kappa shape index (κ2) is 5.68. The highest BCUT2D eigenvalue weighted by molar-refractivity contribution is 5.75. The third kappa shape index (κ3) is 3.20. The Morgan fingerprint density at radius 2 is 2.00 bits per heavy atom. The SMILES string of the molecule is COc1ccc(CCC(=O)N(C)N)c(C)c1C. The number of ether oxygens (including phenoxy) is 1. The summed E-state index contributed by atoms with van der Waals surface area (Å²) in [5.41, 5.74) is 3.47. The molecular formula is C13H20N2O2. The molecule has 0 atom stereocenters. The van der Waals surface area contributed by atoms with E-state index in [1.807, 2.05) is 26.0 Å². The summed E-state index contributed by atoms with van der Waals surface area (Å²) in [7, 11) is 3.23. The van der Waals surface area contributed by atoms with Gasteiger partial charge in [-0.2, -0.15) is 0 Å². The lowest BCUT2D eigenvalue weighted by atomic mass is 9.98. The van der Waals surface area contributed by atoms with Crippen LogP contribution in [0.1, 0.15) is 23.1 Å². The van der Waals surface area contributed by atoms with Crippen LogP contribution in [0.4, 0.5) is 0 Å². The number of hydrogen-bond acceptors (Lipinski definition) is 3. The maximum atomic E-state index is 11.4. The van der Waals surface area contributed by atoms with Gasteiger partial charge in [-0.3, -0.25) is 9.80 Å². The number of hydrazine groups is 1. The van der Waals surface area contributed by atoms with E-state index in [4.69, 9.17) is 10.6 Å². The molecule has 1 rings (SSSR count). The van der Waals surface area contributed by atoms with Gasteiger partial charge in [0.25, 0.3) is 0 Å². The molecule has 0 heterocycles. The zero-order valence-corrected chi connectivity index (χ0v) is 10.9. The van der Waals surface area contributed by atoms with Crippen LogP contribution in [-0.4, -0.2) is 25.1 Å². The van der Waals surface area contributed by atoms with Crippen molar-refractivity contribution in [2.45, 2.75) is 26.7 Å². The first-order chi connectivity index (χ1) is 7.97. The maximum absolute atomic E-state index is 11.4. The van der Waals surface area contributed by atoms with E-state index in [0.29, 0.717) is 12.8 Å². The molecule has 4 heteroatoms. The smallest absolute Gasteiger partial charge is 0.236 e. The van der Waals surface area contributed by atoms with Crippen LogP contribution < -0.4 is 10.6 Å². The highest BCUT2D eigenvalue weighted by Crippen LogP contribution is 2.24. The molecule has 0 radical (unpaired) electrons. The van der Waals surface area contributed by atoms with Gasteiger partial charge in [-0.25, -0.2) is 5.84 Å². The fourth-order valence-corrected chi connectivity index (χ4v) is 1.76. The van der Waals surface area contributed by atoms with Crippen LogP contribution in [0.2, 0.25) is 0 Å². The van der Waals surface area contributed by atoms with Gasteiger partial charge in [0, 0.05) is 13.5 Å². The van der Waals surface area contributed by atoms with Gasteiger partial charge in [0.15, 0.2) is 0 Å². The van der Waals surface area contributed by atoms with Crippen LogP contribution in [-0.2, 0) is 11.2 Å². The Hall–Kier alpha value is -1.55. The summed E-state index contributed by atoms with van der Waals surface area (Å²) in [6.07, 6.45) is 1.14. The Morgan fingerprint density at radius 3 is 2.53 bits per heavy atom. The van der Waals surface area contributed by atoms with Crippen LogP contribution in [0.5, 0.6) is 5.75 Å². The topological polar surface area (TPSA) is 55.6 Å². The fourth-order valence-electron chi connectivity index (χ4n) is 1.76. The Morgan fingerprint density at radius 1 is 1.35 bits per heavy atom. The normalized spacial score (nSPS) is 10.2. The summed E-state index contributed by atoms with van der Waals surface area (Å²) in [6.45, 7) is 4.07. The molecule has 17 heavy (non-hydrogen) atoms. The largest absolute Gasteiger partial charge is 0.496 e. The molecule has 1 amide bonds. The third-order valence-electron chi connectivity index (χ3n) is 3.07. The number of carbonyl (C=O) groups excluding carboxylic acids is 1. The molecule has 1 aromatic carbocycles. The predicted molar refractivity (Wildman–Crippen MR) is 67.7 cm³/mol. The summed E-state index contributed by atoms with van der Waals surface area (Å²) < 4.78 is 5.25. The Bertz CT molecular complexity index is 414. The second-order valence-corrected chi connectivity index (χ2v) is 4.18. The van der Waals surface area contributed by atoms with E-state index < -0.39 is 0 Å². The molecule has 2 N–H and O–H groups in total. The first-order valence-electron chi connectivity index (χ1n) is 5.61. The van der Waals surface area contributed by atoms with Crippen molar-refractivity contribution in [2.24, 2.45) is 5.84 Å². The zero-order valence-electron chi connectivity index (χ0n) is 10.9. The molecule has 0 saturated carbocycles. The van der Waals surface area contributed by atoms with Gasteiger partial charge in [-0.05, 0) is 43.0 Å². The Labute approximate surface area is 102 Å². The van der Waals surface area contributed by atoms with Crippen molar-refractivity contribution in [1.82, 2.24) is 5.01 Å². The number of hydrogen-bond donors (Lipinski definition) is 1. The van der Waals surface area contributed by atoms with Crippen LogP contribution in [0, 0.1) is 13.8 Å². The lowest BCUT2D eigenvalue weighted by Crippen LogP contribution is -2.33. The second-order valence-electron chi connectivity index (χ2n) is 4.18. The molecule has 0 aliphatic rings. The first kappa shape index (κ1) is 13.5. The van der Waals surface area contributed by atoms with E-state index in [0.717, 1.165) is 16.3 Å². The van der Waals surface area contributed by atoms with Crippen molar-refractivity contribution in [2.75, 3.05) is 14.2 Å². The maximum Gasteiger partial charge on any atom is 0.236 e. The van der Waals surface area contributed by atoms with E-state index in [1.54, 1.807) is 14.2 Å². The monoisotopic (exact) mass is 236 g/mol. The van der Waals surface area contributed by atoms with Crippen molar-refractivity contribution >= 4 is 5.91 Å². The third-order valence-corrected chi connectivity index (χ3v) is 3.07. The average molecular weight is 236 g/mol. The van der Waals surface area contributed by atoms with E-state index in [1.165, 1.54) is 11.1 Å². The summed E-state index contributed by atoms with van der Waals surface area (Å²) in [5, 5.41) is 1.13. The minimum Gasteiger partial charge on any atom is -0.496 e. The van der Waals surface area contributed by atoms with Crippen molar-refractivity contribution in [3.63, 3.8) is 0 Å². The predicted octanol–water partition coefficient (Wildman–Crippen LogP) is 1.58. The van der Waals surface area contributed by atoms with Crippen LogP contribution in [0.3, 0.4) is 0 Å². The zero-order chi connectivity index (χ0) is 13.0. The molecule has 4 nitrogen and oxygen atoms in total. The van der Waals surface area contributed by atoms with Crippen molar-refractivity contribution < 1.29 is 9.53 Å². The van der Waals surface area contributed by atoms with E-state index in [9.17, 15) is 4.79 Å². The van der Waals surface area contributed by atoms with Crippen LogP contribution in [0.25, 0.3) is 0 Å². The summed E-state index contributed by atoms with van der Waals surface area (Å²) >= 11 is 0. The van der Waals surface area contributed by atoms with Crippen LogP contribution in [0.15, 0.2) is 12.1 Å². The Kier molecular flexibility index (Phi) is 4.52. The first-order valence-corrected chi connectivity index (χ1v) is 5.61. The molecule has 0 spiro atoms. The lowest BCUT2D eigenvalue weighted by molar-refractivity contribution is -0.130. The number of rotatable bonds is 4. The number of methoxy groups -OCH3 is 1. The van der Waals surface area contributed by atoms with Gasteiger partial charge >= 0.3 is 0 Å². The lowest BCUT2D eigenvalue weighted by Gasteiger charge is -2.13. The molecule has 0 fully saturated rings. The minimum atomic E-state index is -0.0575. The van der Waals surface area contributed by atoms with Gasteiger partial charge in [0.2, 0.25) is 5.91 Å². The fraction of sp³-hybridized carbons (Fsp3) is 0.462. The average Bonchev–Trinajstić information content (AvgIpc) is 2.30. The van der Waals surface area contributed by atoms with Crippen molar-refractivity contribution in [1.29, 1.82) is 0 Å². The van der Waals surface area contributed by atoms with Gasteiger partial charge < -0.3 is 4.74 Å². The molecule has 1 aromatic rings. The molecule has 0 aromatic heterocycles. The molecule has 0 aliphatic carbocycles. The van der Waals surface area contributed by atoms with E-state index >= 15 is 0 Å². The number of aryl methyl sites for hydroxylation is 1. The minimum absolute atomic E-state index is 0.0575. The number of carbonyl (C=O) groups is 1. The Balaban J connectivity index is 2.80. The number of nitrogens with two attached hydrogens (primary N) is 1.